The summed E-state index contributed by atoms with van der Waals surface area (Å²) in [7, 11) is 2.09. The number of aromatic nitrogens is 5. The molecule has 1 aliphatic heterocycles. The van der Waals surface area contributed by atoms with Crippen molar-refractivity contribution in [2.24, 2.45) is 7.05 Å². The predicted molar refractivity (Wildman–Crippen MR) is 84.2 cm³/mol. The van der Waals surface area contributed by atoms with Gasteiger partial charge in [-0.15, -0.1) is 0 Å². The van der Waals surface area contributed by atoms with Gasteiger partial charge >= 0.3 is 0 Å². The molecule has 0 radical (unpaired) electrons. The summed E-state index contributed by atoms with van der Waals surface area (Å²) in [5, 5.41) is 7.30. The molecule has 1 aromatic carbocycles. The third kappa shape index (κ3) is 2.20. The molecule has 3 heterocycles. The van der Waals surface area contributed by atoms with Gasteiger partial charge in [-0.05, 0) is 38.4 Å². The van der Waals surface area contributed by atoms with Crippen molar-refractivity contribution in [1.29, 1.82) is 0 Å². The van der Waals surface area contributed by atoms with E-state index in [2.05, 4.69) is 49.9 Å². The van der Waals surface area contributed by atoms with E-state index in [4.69, 9.17) is 4.98 Å². The molecule has 114 valence electrons. The van der Waals surface area contributed by atoms with Gasteiger partial charge in [0.2, 0.25) is 0 Å². The van der Waals surface area contributed by atoms with E-state index in [1.807, 2.05) is 13.0 Å². The molecular weight excluding hydrogens is 276 g/mol. The maximum absolute atomic E-state index is 4.78. The van der Waals surface area contributed by atoms with Crippen LogP contribution in [0.25, 0.3) is 11.0 Å². The molecule has 0 amide bonds. The first kappa shape index (κ1) is 13.5. The number of aryl methyl sites for hydroxylation is 2. The molecule has 22 heavy (non-hydrogen) atoms. The maximum Gasteiger partial charge on any atom is 0.167 e. The van der Waals surface area contributed by atoms with Crippen LogP contribution in [-0.4, -0.2) is 36.2 Å². The normalized spacial score (nSPS) is 19.3. The van der Waals surface area contributed by atoms with Crippen LogP contribution < -0.4 is 0 Å². The Hall–Kier alpha value is -2.21. The van der Waals surface area contributed by atoms with Gasteiger partial charge < -0.3 is 4.57 Å². The zero-order chi connectivity index (χ0) is 15.1. The molecule has 0 aliphatic carbocycles. The average molecular weight is 296 g/mol. The molecule has 0 spiro atoms. The average Bonchev–Trinajstić information content (AvgIpc) is 3.21. The van der Waals surface area contributed by atoms with Crippen molar-refractivity contribution in [3.05, 3.63) is 41.7 Å². The first-order valence-electron chi connectivity index (χ1n) is 7.75. The SMILES string of the molecule is Cc1nc([C@@H]2CCCN2Cc2nc3ccccc3n2C)n[nH]1. The van der Waals surface area contributed by atoms with Crippen molar-refractivity contribution >= 4 is 11.0 Å². The highest BCUT2D eigenvalue weighted by Crippen LogP contribution is 2.31. The lowest BCUT2D eigenvalue weighted by Crippen LogP contribution is -2.25. The quantitative estimate of drug-likeness (QED) is 0.806. The lowest BCUT2D eigenvalue weighted by molar-refractivity contribution is 0.232. The van der Waals surface area contributed by atoms with Crippen LogP contribution in [0.3, 0.4) is 0 Å². The largest absolute Gasteiger partial charge is 0.330 e. The molecule has 0 bridgehead atoms. The number of aromatic amines is 1. The van der Waals surface area contributed by atoms with Gasteiger partial charge in [-0.3, -0.25) is 10.00 Å². The summed E-state index contributed by atoms with van der Waals surface area (Å²) in [6, 6.07) is 8.58. The summed E-state index contributed by atoms with van der Waals surface area (Å²) in [5.74, 6) is 2.89. The van der Waals surface area contributed by atoms with Gasteiger partial charge in [-0.2, -0.15) is 5.10 Å². The number of H-pyrrole nitrogens is 1. The smallest absolute Gasteiger partial charge is 0.167 e. The number of nitrogens with zero attached hydrogens (tertiary/aromatic N) is 5. The van der Waals surface area contributed by atoms with Crippen LogP contribution >= 0.6 is 0 Å². The number of hydrogen-bond donors (Lipinski definition) is 1. The lowest BCUT2D eigenvalue weighted by Gasteiger charge is -2.21. The standard InChI is InChI=1S/C16H20N6/c1-11-17-16(20-19-11)14-8-5-9-22(14)10-15-18-12-6-3-4-7-13(12)21(15)2/h3-4,6-7,14H,5,8-10H2,1-2H3,(H,17,19,20)/t14-/m0/s1. The van der Waals surface area contributed by atoms with Crippen molar-refractivity contribution in [2.75, 3.05) is 6.54 Å². The first-order valence-corrected chi connectivity index (χ1v) is 7.75. The van der Waals surface area contributed by atoms with Crippen molar-refractivity contribution in [1.82, 2.24) is 29.6 Å². The summed E-state index contributed by atoms with van der Waals surface area (Å²) in [5.41, 5.74) is 2.24. The maximum atomic E-state index is 4.78. The minimum absolute atomic E-state index is 0.296. The summed E-state index contributed by atoms with van der Waals surface area (Å²) in [6.45, 7) is 3.85. The zero-order valence-corrected chi connectivity index (χ0v) is 13.0. The molecule has 4 rings (SSSR count). The molecule has 1 N–H and O–H groups in total. The van der Waals surface area contributed by atoms with Crippen LogP contribution in [0.1, 0.15) is 36.4 Å². The van der Waals surface area contributed by atoms with Crippen molar-refractivity contribution in [2.45, 2.75) is 32.4 Å². The predicted octanol–water partition coefficient (Wildman–Crippen LogP) is 2.34. The number of likely N-dealkylation sites (tertiary alicyclic amines) is 1. The molecule has 2 aromatic heterocycles. The molecule has 3 aromatic rings. The van der Waals surface area contributed by atoms with Crippen molar-refractivity contribution in [3.63, 3.8) is 0 Å². The number of imidazole rings is 1. The van der Waals surface area contributed by atoms with Gasteiger partial charge in [-0.25, -0.2) is 9.97 Å². The summed E-state index contributed by atoms with van der Waals surface area (Å²) >= 11 is 0. The van der Waals surface area contributed by atoms with Gasteiger partial charge in [0.05, 0.1) is 23.6 Å². The van der Waals surface area contributed by atoms with Gasteiger partial charge in [0, 0.05) is 7.05 Å². The molecule has 6 nitrogen and oxygen atoms in total. The van der Waals surface area contributed by atoms with Gasteiger partial charge in [0.15, 0.2) is 5.82 Å². The van der Waals surface area contributed by atoms with Gasteiger partial charge in [-0.1, -0.05) is 12.1 Å². The molecule has 1 aliphatic rings. The van der Waals surface area contributed by atoms with E-state index in [0.29, 0.717) is 6.04 Å². The Bertz CT molecular complexity index is 802. The fourth-order valence-corrected chi connectivity index (χ4v) is 3.34. The van der Waals surface area contributed by atoms with E-state index < -0.39 is 0 Å². The van der Waals surface area contributed by atoms with Crippen LogP contribution in [0.2, 0.25) is 0 Å². The highest BCUT2D eigenvalue weighted by atomic mass is 15.3. The Balaban J connectivity index is 1.62. The molecule has 1 saturated heterocycles. The third-order valence-corrected chi connectivity index (χ3v) is 4.50. The van der Waals surface area contributed by atoms with Crippen LogP contribution in [0.4, 0.5) is 0 Å². The van der Waals surface area contributed by atoms with Gasteiger partial charge in [0.25, 0.3) is 0 Å². The Morgan fingerprint density at radius 3 is 2.91 bits per heavy atom. The van der Waals surface area contributed by atoms with E-state index >= 15 is 0 Å². The number of hydrogen-bond acceptors (Lipinski definition) is 4. The monoisotopic (exact) mass is 296 g/mol. The van der Waals surface area contributed by atoms with E-state index in [9.17, 15) is 0 Å². The van der Waals surface area contributed by atoms with Gasteiger partial charge in [0.1, 0.15) is 11.6 Å². The molecular formula is C16H20N6. The summed E-state index contributed by atoms with van der Waals surface area (Å²) < 4.78 is 2.19. The number of benzene rings is 1. The second kappa shape index (κ2) is 5.21. The van der Waals surface area contributed by atoms with Crippen molar-refractivity contribution < 1.29 is 0 Å². The number of para-hydroxylation sites is 2. The Morgan fingerprint density at radius 2 is 2.14 bits per heavy atom. The summed E-state index contributed by atoms with van der Waals surface area (Å²) in [4.78, 5) is 11.7. The van der Waals surface area contributed by atoms with E-state index in [-0.39, 0.29) is 0 Å². The molecule has 6 heteroatoms. The second-order valence-electron chi connectivity index (χ2n) is 5.98. The first-order chi connectivity index (χ1) is 10.7. The Labute approximate surface area is 129 Å². The Morgan fingerprint density at radius 1 is 1.27 bits per heavy atom. The zero-order valence-electron chi connectivity index (χ0n) is 13.0. The molecule has 0 saturated carbocycles. The number of fused-ring (bicyclic) bond motifs is 1. The lowest BCUT2D eigenvalue weighted by atomic mass is 10.2. The minimum Gasteiger partial charge on any atom is -0.330 e. The fraction of sp³-hybridized carbons (Fsp3) is 0.438. The van der Waals surface area contributed by atoms with Crippen LogP contribution in [0.5, 0.6) is 0 Å². The summed E-state index contributed by atoms with van der Waals surface area (Å²) in [6.07, 6.45) is 2.30. The second-order valence-corrected chi connectivity index (χ2v) is 5.98. The fourth-order valence-electron chi connectivity index (χ4n) is 3.34. The van der Waals surface area contributed by atoms with E-state index in [0.717, 1.165) is 42.5 Å². The van der Waals surface area contributed by atoms with Crippen LogP contribution in [-0.2, 0) is 13.6 Å². The molecule has 1 atom stereocenters. The topological polar surface area (TPSA) is 62.6 Å². The highest BCUT2D eigenvalue weighted by molar-refractivity contribution is 5.75. The Kier molecular flexibility index (Phi) is 3.18. The van der Waals surface area contributed by atoms with Crippen LogP contribution in [0.15, 0.2) is 24.3 Å². The van der Waals surface area contributed by atoms with E-state index in [1.54, 1.807) is 0 Å². The third-order valence-electron chi connectivity index (χ3n) is 4.50. The number of nitrogens with one attached hydrogen (secondary N) is 1. The molecule has 0 unspecified atom stereocenters. The van der Waals surface area contributed by atoms with Crippen molar-refractivity contribution in [3.8, 4) is 0 Å². The van der Waals surface area contributed by atoms with Crippen LogP contribution in [0, 0.1) is 6.92 Å². The highest BCUT2D eigenvalue weighted by Gasteiger charge is 2.30. The molecule has 1 fully saturated rings. The minimum atomic E-state index is 0.296. The number of rotatable bonds is 3. The van der Waals surface area contributed by atoms with E-state index in [1.165, 1.54) is 11.9 Å².